The number of aryl methyl sites for hydroxylation is 1. The highest BCUT2D eigenvalue weighted by atomic mass is 79.9. The third-order valence-electron chi connectivity index (χ3n) is 2.06. The molecular formula is C11H10BrN3O. The molecule has 2 aromatic rings. The molecule has 0 bridgehead atoms. The van der Waals surface area contributed by atoms with Crippen molar-refractivity contribution >= 4 is 27.5 Å². The van der Waals surface area contributed by atoms with E-state index in [0.717, 1.165) is 15.7 Å². The smallest absolute Gasteiger partial charge is 0.258 e. The normalized spacial score (nSPS) is 10.1. The largest absolute Gasteiger partial charge is 0.322 e. The first-order valence-electron chi connectivity index (χ1n) is 4.72. The van der Waals surface area contributed by atoms with Gasteiger partial charge in [-0.15, -0.1) is 0 Å². The Hall–Kier alpha value is -1.62. The van der Waals surface area contributed by atoms with Crippen LogP contribution in [0, 0.1) is 6.92 Å². The van der Waals surface area contributed by atoms with Gasteiger partial charge >= 0.3 is 0 Å². The number of hydrogen-bond donors (Lipinski definition) is 2. The summed E-state index contributed by atoms with van der Waals surface area (Å²) in [5.74, 6) is -0.175. The maximum Gasteiger partial charge on any atom is 0.258 e. The van der Waals surface area contributed by atoms with Gasteiger partial charge < -0.3 is 5.32 Å². The number of hydrogen-bond acceptors (Lipinski definition) is 2. The Kier molecular flexibility index (Phi) is 3.05. The quantitative estimate of drug-likeness (QED) is 0.888. The van der Waals surface area contributed by atoms with E-state index in [0.29, 0.717) is 5.56 Å². The van der Waals surface area contributed by atoms with Crippen molar-refractivity contribution < 1.29 is 4.79 Å². The van der Waals surface area contributed by atoms with Gasteiger partial charge in [-0.05, 0) is 30.7 Å². The van der Waals surface area contributed by atoms with Crippen LogP contribution in [0.3, 0.4) is 0 Å². The molecule has 2 rings (SSSR count). The average molecular weight is 280 g/mol. The fourth-order valence-corrected chi connectivity index (χ4v) is 1.99. The van der Waals surface area contributed by atoms with Crippen LogP contribution in [0.5, 0.6) is 0 Å². The van der Waals surface area contributed by atoms with Crippen molar-refractivity contribution in [3.8, 4) is 0 Å². The monoisotopic (exact) mass is 279 g/mol. The summed E-state index contributed by atoms with van der Waals surface area (Å²) in [6.07, 6.45) is 3.04. The van der Waals surface area contributed by atoms with Crippen LogP contribution in [0.15, 0.2) is 35.1 Å². The van der Waals surface area contributed by atoms with Gasteiger partial charge in [0.15, 0.2) is 0 Å². The number of H-pyrrole nitrogens is 1. The molecule has 82 valence electrons. The molecule has 0 aliphatic carbocycles. The van der Waals surface area contributed by atoms with Gasteiger partial charge in [0.2, 0.25) is 0 Å². The zero-order chi connectivity index (χ0) is 11.5. The van der Waals surface area contributed by atoms with Crippen LogP contribution in [0.1, 0.15) is 15.9 Å². The molecule has 0 saturated heterocycles. The molecule has 0 saturated carbocycles. The van der Waals surface area contributed by atoms with Crippen molar-refractivity contribution in [2.45, 2.75) is 6.92 Å². The Morgan fingerprint density at radius 1 is 1.44 bits per heavy atom. The van der Waals surface area contributed by atoms with Crippen molar-refractivity contribution in [2.24, 2.45) is 0 Å². The number of carbonyl (C=O) groups excluding carboxylic acids is 1. The summed E-state index contributed by atoms with van der Waals surface area (Å²) in [7, 11) is 0. The molecule has 16 heavy (non-hydrogen) atoms. The summed E-state index contributed by atoms with van der Waals surface area (Å²) in [4.78, 5) is 11.7. The second-order valence-electron chi connectivity index (χ2n) is 3.46. The Morgan fingerprint density at radius 3 is 2.88 bits per heavy atom. The molecule has 1 aromatic carbocycles. The molecule has 2 N–H and O–H groups in total. The van der Waals surface area contributed by atoms with Gasteiger partial charge in [-0.3, -0.25) is 9.89 Å². The lowest BCUT2D eigenvalue weighted by atomic mass is 10.2. The highest BCUT2D eigenvalue weighted by Gasteiger charge is 2.07. The molecule has 1 aromatic heterocycles. The molecule has 0 fully saturated rings. The standard InChI is InChI=1S/C11H10BrN3O/c1-7-2-9(12)4-10(3-7)15-11(16)8-5-13-14-6-8/h2-6H,1H3,(H,13,14)(H,15,16). The first-order valence-corrected chi connectivity index (χ1v) is 5.52. The zero-order valence-corrected chi connectivity index (χ0v) is 10.2. The third kappa shape index (κ3) is 2.49. The number of nitrogens with zero attached hydrogens (tertiary/aromatic N) is 1. The van der Waals surface area contributed by atoms with Crippen LogP contribution in [0.4, 0.5) is 5.69 Å². The SMILES string of the molecule is Cc1cc(Br)cc(NC(=O)c2cn[nH]c2)c1. The van der Waals surface area contributed by atoms with E-state index in [1.165, 1.54) is 6.20 Å². The van der Waals surface area contributed by atoms with E-state index in [1.807, 2.05) is 25.1 Å². The summed E-state index contributed by atoms with van der Waals surface area (Å²) in [6.45, 7) is 1.97. The second-order valence-corrected chi connectivity index (χ2v) is 4.37. The van der Waals surface area contributed by atoms with Gasteiger partial charge in [-0.2, -0.15) is 5.10 Å². The summed E-state index contributed by atoms with van der Waals surface area (Å²) in [5.41, 5.74) is 2.35. The molecule has 1 heterocycles. The Balaban J connectivity index is 2.18. The number of aromatic amines is 1. The fraction of sp³-hybridized carbons (Fsp3) is 0.0909. The predicted molar refractivity (Wildman–Crippen MR) is 65.4 cm³/mol. The van der Waals surface area contributed by atoms with Crippen LogP contribution in [0.25, 0.3) is 0 Å². The topological polar surface area (TPSA) is 57.8 Å². The molecule has 5 heteroatoms. The number of amides is 1. The van der Waals surface area contributed by atoms with E-state index in [4.69, 9.17) is 0 Å². The Morgan fingerprint density at radius 2 is 2.25 bits per heavy atom. The van der Waals surface area contributed by atoms with E-state index < -0.39 is 0 Å². The van der Waals surface area contributed by atoms with Crippen LogP contribution in [-0.2, 0) is 0 Å². The zero-order valence-electron chi connectivity index (χ0n) is 8.62. The minimum absolute atomic E-state index is 0.175. The first kappa shape index (κ1) is 10.9. The lowest BCUT2D eigenvalue weighted by Crippen LogP contribution is -2.10. The summed E-state index contributed by atoms with van der Waals surface area (Å²) < 4.78 is 0.940. The number of anilines is 1. The highest BCUT2D eigenvalue weighted by Crippen LogP contribution is 2.19. The number of nitrogens with one attached hydrogen (secondary N) is 2. The van der Waals surface area contributed by atoms with Crippen molar-refractivity contribution in [1.82, 2.24) is 10.2 Å². The third-order valence-corrected chi connectivity index (χ3v) is 2.52. The van der Waals surface area contributed by atoms with Crippen LogP contribution >= 0.6 is 15.9 Å². The molecule has 0 radical (unpaired) electrons. The first-order chi connectivity index (χ1) is 7.65. The van der Waals surface area contributed by atoms with Gasteiger partial charge in [0.1, 0.15) is 0 Å². The van der Waals surface area contributed by atoms with Crippen LogP contribution < -0.4 is 5.32 Å². The van der Waals surface area contributed by atoms with E-state index in [1.54, 1.807) is 6.20 Å². The lowest BCUT2D eigenvalue weighted by Gasteiger charge is -2.05. The Bertz CT molecular complexity index is 488. The van der Waals surface area contributed by atoms with Crippen LogP contribution in [0.2, 0.25) is 0 Å². The maximum absolute atomic E-state index is 11.7. The minimum atomic E-state index is -0.175. The molecule has 0 aliphatic heterocycles. The minimum Gasteiger partial charge on any atom is -0.322 e. The van der Waals surface area contributed by atoms with Gasteiger partial charge in [0, 0.05) is 16.4 Å². The molecule has 0 unspecified atom stereocenters. The van der Waals surface area contributed by atoms with E-state index >= 15 is 0 Å². The fourth-order valence-electron chi connectivity index (χ4n) is 1.39. The van der Waals surface area contributed by atoms with Gasteiger partial charge in [-0.1, -0.05) is 15.9 Å². The van der Waals surface area contributed by atoms with Gasteiger partial charge in [0.05, 0.1) is 11.8 Å². The number of rotatable bonds is 2. The second kappa shape index (κ2) is 4.49. The average Bonchev–Trinajstić information content (AvgIpc) is 2.68. The number of carbonyl (C=O) groups is 1. The summed E-state index contributed by atoms with van der Waals surface area (Å²) in [6, 6.07) is 5.74. The van der Waals surface area contributed by atoms with Crippen molar-refractivity contribution in [3.05, 3.63) is 46.2 Å². The predicted octanol–water partition coefficient (Wildman–Crippen LogP) is 2.73. The molecule has 0 aliphatic rings. The van der Waals surface area contributed by atoms with Crippen LogP contribution in [-0.4, -0.2) is 16.1 Å². The van der Waals surface area contributed by atoms with Crippen molar-refractivity contribution in [3.63, 3.8) is 0 Å². The molecule has 0 atom stereocenters. The van der Waals surface area contributed by atoms with Crippen molar-refractivity contribution in [2.75, 3.05) is 5.32 Å². The van der Waals surface area contributed by atoms with E-state index in [9.17, 15) is 4.79 Å². The van der Waals surface area contributed by atoms with E-state index in [2.05, 4.69) is 31.4 Å². The number of halogens is 1. The molecule has 0 spiro atoms. The highest BCUT2D eigenvalue weighted by molar-refractivity contribution is 9.10. The summed E-state index contributed by atoms with van der Waals surface area (Å²) in [5, 5.41) is 9.12. The maximum atomic E-state index is 11.7. The molecule has 1 amide bonds. The molecule has 4 nitrogen and oxygen atoms in total. The lowest BCUT2D eigenvalue weighted by molar-refractivity contribution is 0.102. The Labute approximate surface area is 101 Å². The van der Waals surface area contributed by atoms with E-state index in [-0.39, 0.29) is 5.91 Å². The van der Waals surface area contributed by atoms with Gasteiger partial charge in [-0.25, -0.2) is 0 Å². The van der Waals surface area contributed by atoms with Crippen molar-refractivity contribution in [1.29, 1.82) is 0 Å². The number of benzene rings is 1. The number of aromatic nitrogens is 2. The van der Waals surface area contributed by atoms with Gasteiger partial charge in [0.25, 0.3) is 5.91 Å². The summed E-state index contributed by atoms with van der Waals surface area (Å²) >= 11 is 3.38. The molecular weight excluding hydrogens is 270 g/mol.